The number of benzene rings is 1. The Morgan fingerprint density at radius 1 is 1.38 bits per heavy atom. The van der Waals surface area contributed by atoms with Gasteiger partial charge in [-0.1, -0.05) is 25.4 Å². The van der Waals surface area contributed by atoms with E-state index in [0.29, 0.717) is 24.6 Å². The molecule has 6 heteroatoms. The van der Waals surface area contributed by atoms with Crippen LogP contribution in [-0.2, 0) is 4.79 Å². The largest absolute Gasteiger partial charge is 0.478 e. The van der Waals surface area contributed by atoms with Crippen molar-refractivity contribution in [2.75, 3.05) is 11.9 Å². The number of aromatic carboxylic acids is 1. The van der Waals surface area contributed by atoms with Crippen molar-refractivity contribution < 1.29 is 14.7 Å². The topological polar surface area (TPSA) is 92.4 Å². The summed E-state index contributed by atoms with van der Waals surface area (Å²) in [5, 5.41) is 11.7. The van der Waals surface area contributed by atoms with Crippen LogP contribution in [-0.4, -0.2) is 23.5 Å². The monoisotopic (exact) mass is 312 g/mol. The highest BCUT2D eigenvalue weighted by Crippen LogP contribution is 2.22. The van der Waals surface area contributed by atoms with Crippen molar-refractivity contribution >= 4 is 29.2 Å². The number of anilines is 1. The van der Waals surface area contributed by atoms with Crippen molar-refractivity contribution in [3.63, 3.8) is 0 Å². The molecule has 0 saturated heterocycles. The van der Waals surface area contributed by atoms with Gasteiger partial charge in [-0.3, -0.25) is 4.79 Å². The molecule has 0 saturated carbocycles. The molecule has 0 aliphatic heterocycles. The molecule has 0 bridgehead atoms. The summed E-state index contributed by atoms with van der Waals surface area (Å²) in [6.45, 7) is 4.64. The predicted molar refractivity (Wildman–Crippen MR) is 83.7 cm³/mol. The molecule has 0 spiro atoms. The molecule has 0 fully saturated rings. The summed E-state index contributed by atoms with van der Waals surface area (Å²) in [7, 11) is 0. The van der Waals surface area contributed by atoms with E-state index in [1.165, 1.54) is 18.2 Å². The smallest absolute Gasteiger partial charge is 0.337 e. The summed E-state index contributed by atoms with van der Waals surface area (Å²) >= 11 is 5.86. The third kappa shape index (κ3) is 5.73. The molecule has 1 rings (SSSR count). The number of carboxylic acid groups (broad SMARTS) is 1. The first kappa shape index (κ1) is 17.5. The molecule has 4 N–H and O–H groups in total. The van der Waals surface area contributed by atoms with Crippen LogP contribution in [0.3, 0.4) is 0 Å². The summed E-state index contributed by atoms with van der Waals surface area (Å²) in [5.41, 5.74) is 6.16. The lowest BCUT2D eigenvalue weighted by Crippen LogP contribution is -2.23. The summed E-state index contributed by atoms with van der Waals surface area (Å²) in [4.78, 5) is 22.8. The number of carbonyl (C=O) groups excluding carboxylic acids is 1. The minimum atomic E-state index is -1.10. The van der Waals surface area contributed by atoms with Crippen LogP contribution in [0, 0.1) is 11.8 Å². The Labute approximate surface area is 129 Å². The van der Waals surface area contributed by atoms with E-state index in [0.717, 1.165) is 6.42 Å². The van der Waals surface area contributed by atoms with E-state index in [9.17, 15) is 9.59 Å². The molecular formula is C15H21ClN2O3. The molecule has 1 aromatic carbocycles. The van der Waals surface area contributed by atoms with Gasteiger partial charge < -0.3 is 16.2 Å². The number of carboxylic acids is 1. The minimum absolute atomic E-state index is 0.00862. The molecular weight excluding hydrogens is 292 g/mol. The van der Waals surface area contributed by atoms with Crippen LogP contribution in [0.4, 0.5) is 5.69 Å². The maximum Gasteiger partial charge on any atom is 0.337 e. The lowest BCUT2D eigenvalue weighted by molar-refractivity contribution is -0.117. The molecule has 0 aliphatic carbocycles. The Bertz CT molecular complexity index is 518. The Morgan fingerprint density at radius 2 is 2.05 bits per heavy atom. The van der Waals surface area contributed by atoms with Crippen molar-refractivity contribution in [2.45, 2.75) is 26.7 Å². The third-order valence-electron chi connectivity index (χ3n) is 3.10. The van der Waals surface area contributed by atoms with Crippen molar-refractivity contribution in [3.05, 3.63) is 28.8 Å². The van der Waals surface area contributed by atoms with E-state index in [-0.39, 0.29) is 22.4 Å². The van der Waals surface area contributed by atoms with Crippen LogP contribution in [0.2, 0.25) is 5.02 Å². The number of carbonyl (C=O) groups is 2. The van der Waals surface area contributed by atoms with Gasteiger partial charge in [-0.05, 0) is 43.0 Å². The van der Waals surface area contributed by atoms with E-state index in [1.807, 2.05) is 0 Å². The molecule has 0 radical (unpaired) electrons. The summed E-state index contributed by atoms with van der Waals surface area (Å²) in [6, 6.07) is 4.32. The van der Waals surface area contributed by atoms with Crippen LogP contribution < -0.4 is 11.1 Å². The molecule has 1 aromatic rings. The van der Waals surface area contributed by atoms with Gasteiger partial charge in [-0.25, -0.2) is 4.79 Å². The second kappa shape index (κ2) is 8.00. The molecule has 0 aliphatic rings. The van der Waals surface area contributed by atoms with E-state index in [1.54, 1.807) is 0 Å². The van der Waals surface area contributed by atoms with Gasteiger partial charge in [0.1, 0.15) is 0 Å². The molecule has 0 heterocycles. The van der Waals surface area contributed by atoms with Gasteiger partial charge in [-0.15, -0.1) is 0 Å². The molecule has 0 aromatic heterocycles. The van der Waals surface area contributed by atoms with Gasteiger partial charge in [0.25, 0.3) is 0 Å². The Hall–Kier alpha value is -1.59. The molecule has 0 unspecified atom stereocenters. The Kier molecular flexibility index (Phi) is 6.65. The van der Waals surface area contributed by atoms with Crippen LogP contribution in [0.5, 0.6) is 0 Å². The minimum Gasteiger partial charge on any atom is -0.478 e. The lowest BCUT2D eigenvalue weighted by atomic mass is 9.94. The zero-order valence-corrected chi connectivity index (χ0v) is 13.0. The lowest BCUT2D eigenvalue weighted by Gasteiger charge is -2.16. The van der Waals surface area contributed by atoms with Gasteiger partial charge in [0.2, 0.25) is 5.91 Å². The van der Waals surface area contributed by atoms with Crippen LogP contribution in [0.15, 0.2) is 18.2 Å². The van der Waals surface area contributed by atoms with E-state index in [2.05, 4.69) is 19.2 Å². The fourth-order valence-corrected chi connectivity index (χ4v) is 2.43. The van der Waals surface area contributed by atoms with Crippen molar-refractivity contribution in [3.8, 4) is 0 Å². The fourth-order valence-electron chi connectivity index (χ4n) is 2.17. The standard InChI is InChI=1S/C15H21ClN2O3/c1-9(2)5-10(8-17)6-14(19)18-11-3-4-12(15(20)21)13(16)7-11/h3-4,7,9-10H,5-6,8,17H2,1-2H3,(H,18,19)(H,20,21)/t10-/m0/s1. The highest BCUT2D eigenvalue weighted by molar-refractivity contribution is 6.33. The van der Waals surface area contributed by atoms with E-state index >= 15 is 0 Å². The number of rotatable bonds is 7. The second-order valence-corrected chi connectivity index (χ2v) is 5.89. The average molecular weight is 313 g/mol. The summed E-state index contributed by atoms with van der Waals surface area (Å²) in [5.74, 6) is -0.627. The Balaban J connectivity index is 2.66. The second-order valence-electron chi connectivity index (χ2n) is 5.48. The Morgan fingerprint density at radius 3 is 2.52 bits per heavy atom. The van der Waals surface area contributed by atoms with Crippen molar-refractivity contribution in [1.29, 1.82) is 0 Å². The summed E-state index contributed by atoms with van der Waals surface area (Å²) in [6.07, 6.45) is 1.23. The number of hydrogen-bond acceptors (Lipinski definition) is 3. The van der Waals surface area contributed by atoms with Crippen LogP contribution in [0.25, 0.3) is 0 Å². The first-order valence-electron chi connectivity index (χ1n) is 6.86. The van der Waals surface area contributed by atoms with E-state index < -0.39 is 5.97 Å². The zero-order valence-electron chi connectivity index (χ0n) is 12.2. The quantitative estimate of drug-likeness (QED) is 0.721. The molecule has 5 nitrogen and oxygen atoms in total. The number of nitrogens with one attached hydrogen (secondary N) is 1. The zero-order chi connectivity index (χ0) is 16.0. The first-order valence-corrected chi connectivity index (χ1v) is 7.24. The highest BCUT2D eigenvalue weighted by atomic mass is 35.5. The normalized spacial score (nSPS) is 12.2. The van der Waals surface area contributed by atoms with Gasteiger partial charge >= 0.3 is 5.97 Å². The van der Waals surface area contributed by atoms with Crippen LogP contribution in [0.1, 0.15) is 37.0 Å². The summed E-state index contributed by atoms with van der Waals surface area (Å²) < 4.78 is 0. The SMILES string of the molecule is CC(C)C[C@H](CN)CC(=O)Nc1ccc(C(=O)O)c(Cl)c1. The van der Waals surface area contributed by atoms with Gasteiger partial charge in [0, 0.05) is 12.1 Å². The number of hydrogen-bond donors (Lipinski definition) is 3. The fraction of sp³-hybridized carbons (Fsp3) is 0.467. The maximum absolute atomic E-state index is 12.0. The molecule has 1 atom stereocenters. The van der Waals surface area contributed by atoms with Gasteiger partial charge in [0.05, 0.1) is 10.6 Å². The molecule has 1 amide bonds. The molecule has 116 valence electrons. The molecule has 21 heavy (non-hydrogen) atoms. The maximum atomic E-state index is 12.0. The number of halogens is 1. The van der Waals surface area contributed by atoms with Gasteiger partial charge in [-0.2, -0.15) is 0 Å². The highest BCUT2D eigenvalue weighted by Gasteiger charge is 2.15. The van der Waals surface area contributed by atoms with Crippen LogP contribution >= 0.6 is 11.6 Å². The average Bonchev–Trinajstić information content (AvgIpc) is 2.36. The number of nitrogens with two attached hydrogens (primary N) is 1. The third-order valence-corrected chi connectivity index (χ3v) is 3.41. The predicted octanol–water partition coefficient (Wildman–Crippen LogP) is 2.99. The number of amides is 1. The van der Waals surface area contributed by atoms with Crippen molar-refractivity contribution in [1.82, 2.24) is 0 Å². The first-order chi connectivity index (χ1) is 9.83. The van der Waals surface area contributed by atoms with Crippen molar-refractivity contribution in [2.24, 2.45) is 17.6 Å². The van der Waals surface area contributed by atoms with Gasteiger partial charge in [0.15, 0.2) is 0 Å². The van der Waals surface area contributed by atoms with E-state index in [4.69, 9.17) is 22.4 Å².